The van der Waals surface area contributed by atoms with Gasteiger partial charge in [0.25, 0.3) is 5.91 Å². The summed E-state index contributed by atoms with van der Waals surface area (Å²) < 4.78 is 12.9. The summed E-state index contributed by atoms with van der Waals surface area (Å²) in [6, 6.07) is 8.95. The van der Waals surface area contributed by atoms with Gasteiger partial charge in [-0.05, 0) is 36.2 Å². The zero-order valence-corrected chi connectivity index (χ0v) is 11.9. The summed E-state index contributed by atoms with van der Waals surface area (Å²) in [6.07, 6.45) is 2.23. The van der Waals surface area contributed by atoms with Crippen LogP contribution in [0.1, 0.15) is 22.5 Å². The van der Waals surface area contributed by atoms with Gasteiger partial charge < -0.3 is 15.2 Å². The molecule has 1 atom stereocenters. The lowest BCUT2D eigenvalue weighted by atomic mass is 10.2. The third-order valence-electron chi connectivity index (χ3n) is 3.73. The second kappa shape index (κ2) is 6.01. The van der Waals surface area contributed by atoms with E-state index in [1.807, 2.05) is 0 Å². The first kappa shape index (κ1) is 14.3. The fourth-order valence-electron chi connectivity index (χ4n) is 2.55. The Morgan fingerprint density at radius 3 is 2.77 bits per heavy atom. The molecule has 2 aromatic rings. The van der Waals surface area contributed by atoms with E-state index in [9.17, 15) is 14.0 Å². The number of nitrogens with zero attached hydrogens (tertiary/aromatic N) is 1. The van der Waals surface area contributed by atoms with Crippen molar-refractivity contribution in [2.24, 2.45) is 0 Å². The van der Waals surface area contributed by atoms with Gasteiger partial charge in [0.05, 0.1) is 0 Å². The average molecular weight is 301 g/mol. The number of benzene rings is 1. The summed E-state index contributed by atoms with van der Waals surface area (Å²) in [4.78, 5) is 28.7. The maximum atomic E-state index is 12.9. The molecule has 0 spiro atoms. The molecule has 1 aliphatic heterocycles. The third kappa shape index (κ3) is 3.00. The highest BCUT2D eigenvalue weighted by atomic mass is 19.1. The van der Waals surface area contributed by atoms with Crippen molar-refractivity contribution in [3.8, 4) is 0 Å². The van der Waals surface area contributed by atoms with Crippen LogP contribution in [0.25, 0.3) is 0 Å². The number of hydrogen-bond donors (Lipinski definition) is 2. The van der Waals surface area contributed by atoms with E-state index in [1.54, 1.807) is 35.4 Å². The molecule has 1 aliphatic rings. The molecule has 1 fully saturated rings. The van der Waals surface area contributed by atoms with Crippen LogP contribution in [-0.2, 0) is 11.3 Å². The van der Waals surface area contributed by atoms with E-state index >= 15 is 0 Å². The molecule has 3 rings (SSSR count). The van der Waals surface area contributed by atoms with Gasteiger partial charge in [-0.3, -0.25) is 9.59 Å². The molecule has 6 heteroatoms. The minimum Gasteiger partial charge on any atom is -0.357 e. The Hall–Kier alpha value is -2.63. The monoisotopic (exact) mass is 301 g/mol. The number of hydrogen-bond acceptors (Lipinski definition) is 2. The SMILES string of the molecule is O=C(N[C@@H]1CCN(Cc2ccc(F)cc2)C1=O)c1ccc[nH]1. The van der Waals surface area contributed by atoms with Crippen LogP contribution < -0.4 is 5.32 Å². The zero-order chi connectivity index (χ0) is 15.5. The van der Waals surface area contributed by atoms with Crippen molar-refractivity contribution in [2.75, 3.05) is 6.54 Å². The second-order valence-corrected chi connectivity index (χ2v) is 5.28. The fraction of sp³-hybridized carbons (Fsp3) is 0.250. The molecule has 0 aliphatic carbocycles. The number of amides is 2. The molecule has 1 aromatic carbocycles. The van der Waals surface area contributed by atoms with Gasteiger partial charge in [-0.15, -0.1) is 0 Å². The summed E-state index contributed by atoms with van der Waals surface area (Å²) in [5.41, 5.74) is 1.30. The van der Waals surface area contributed by atoms with Crippen molar-refractivity contribution in [2.45, 2.75) is 19.0 Å². The van der Waals surface area contributed by atoms with Crippen LogP contribution in [0.5, 0.6) is 0 Å². The van der Waals surface area contributed by atoms with E-state index in [1.165, 1.54) is 12.1 Å². The number of halogens is 1. The molecule has 0 bridgehead atoms. The van der Waals surface area contributed by atoms with Crippen LogP contribution >= 0.6 is 0 Å². The molecular weight excluding hydrogens is 285 g/mol. The van der Waals surface area contributed by atoms with Crippen molar-refractivity contribution in [1.82, 2.24) is 15.2 Å². The Morgan fingerprint density at radius 1 is 1.32 bits per heavy atom. The van der Waals surface area contributed by atoms with Crippen LogP contribution in [0.15, 0.2) is 42.6 Å². The minimum absolute atomic E-state index is 0.107. The first-order valence-corrected chi connectivity index (χ1v) is 7.11. The number of carbonyl (C=O) groups excluding carboxylic acids is 2. The fourth-order valence-corrected chi connectivity index (χ4v) is 2.55. The van der Waals surface area contributed by atoms with E-state index in [-0.39, 0.29) is 17.6 Å². The average Bonchev–Trinajstić information content (AvgIpc) is 3.15. The highest BCUT2D eigenvalue weighted by Crippen LogP contribution is 2.16. The minimum atomic E-state index is -0.503. The summed E-state index contributed by atoms with van der Waals surface area (Å²) in [5.74, 6) is -0.691. The van der Waals surface area contributed by atoms with Crippen molar-refractivity contribution in [3.05, 3.63) is 59.7 Å². The highest BCUT2D eigenvalue weighted by molar-refractivity contribution is 5.96. The van der Waals surface area contributed by atoms with E-state index < -0.39 is 6.04 Å². The Bertz CT molecular complexity index is 667. The number of aromatic nitrogens is 1. The Labute approximate surface area is 127 Å². The molecule has 0 unspecified atom stereocenters. The van der Waals surface area contributed by atoms with Crippen LogP contribution in [0.4, 0.5) is 4.39 Å². The van der Waals surface area contributed by atoms with E-state index in [0.29, 0.717) is 25.2 Å². The summed E-state index contributed by atoms with van der Waals surface area (Å²) in [7, 11) is 0. The van der Waals surface area contributed by atoms with Gasteiger partial charge in [0.2, 0.25) is 5.91 Å². The van der Waals surface area contributed by atoms with E-state index in [2.05, 4.69) is 10.3 Å². The van der Waals surface area contributed by atoms with Crippen LogP contribution in [-0.4, -0.2) is 34.3 Å². The van der Waals surface area contributed by atoms with Gasteiger partial charge in [0.15, 0.2) is 0 Å². The second-order valence-electron chi connectivity index (χ2n) is 5.28. The maximum Gasteiger partial charge on any atom is 0.268 e. The van der Waals surface area contributed by atoms with Gasteiger partial charge in [-0.1, -0.05) is 12.1 Å². The standard InChI is InChI=1S/C16H16FN3O2/c17-12-5-3-11(4-6-12)10-20-9-7-14(16(20)22)19-15(21)13-2-1-8-18-13/h1-6,8,14,18H,7,9-10H2,(H,19,21)/t14-/m1/s1. The topological polar surface area (TPSA) is 65.2 Å². The zero-order valence-electron chi connectivity index (χ0n) is 11.9. The molecule has 5 nitrogen and oxygen atoms in total. The van der Waals surface area contributed by atoms with E-state index in [0.717, 1.165) is 5.56 Å². The van der Waals surface area contributed by atoms with Crippen molar-refractivity contribution in [1.29, 1.82) is 0 Å². The number of rotatable bonds is 4. The summed E-state index contributed by atoms with van der Waals surface area (Å²) in [5, 5.41) is 2.73. The smallest absolute Gasteiger partial charge is 0.268 e. The predicted octanol–water partition coefficient (Wildman–Crippen LogP) is 1.68. The molecule has 0 radical (unpaired) electrons. The summed E-state index contributed by atoms with van der Waals surface area (Å²) in [6.45, 7) is 1.000. The number of likely N-dealkylation sites (tertiary alicyclic amines) is 1. The van der Waals surface area contributed by atoms with Gasteiger partial charge in [0.1, 0.15) is 17.6 Å². The molecule has 1 saturated heterocycles. The maximum absolute atomic E-state index is 12.9. The molecular formula is C16H16FN3O2. The normalized spacial score (nSPS) is 17.8. The Kier molecular flexibility index (Phi) is 3.91. The highest BCUT2D eigenvalue weighted by Gasteiger charge is 2.32. The molecule has 1 aromatic heterocycles. The Morgan fingerprint density at radius 2 is 2.09 bits per heavy atom. The summed E-state index contributed by atoms with van der Waals surface area (Å²) >= 11 is 0. The predicted molar refractivity (Wildman–Crippen MR) is 78.5 cm³/mol. The van der Waals surface area contributed by atoms with Crippen LogP contribution in [0, 0.1) is 5.82 Å². The number of H-pyrrole nitrogens is 1. The first-order chi connectivity index (χ1) is 10.6. The van der Waals surface area contributed by atoms with Crippen LogP contribution in [0.3, 0.4) is 0 Å². The first-order valence-electron chi connectivity index (χ1n) is 7.11. The number of aromatic amines is 1. The lowest BCUT2D eigenvalue weighted by Crippen LogP contribution is -2.41. The van der Waals surface area contributed by atoms with Crippen molar-refractivity contribution in [3.63, 3.8) is 0 Å². The molecule has 22 heavy (non-hydrogen) atoms. The molecule has 2 heterocycles. The lowest BCUT2D eigenvalue weighted by molar-refractivity contribution is -0.129. The number of carbonyl (C=O) groups is 2. The largest absolute Gasteiger partial charge is 0.357 e. The number of nitrogens with one attached hydrogen (secondary N) is 2. The third-order valence-corrected chi connectivity index (χ3v) is 3.73. The quantitative estimate of drug-likeness (QED) is 0.902. The van der Waals surface area contributed by atoms with E-state index in [4.69, 9.17) is 0 Å². The van der Waals surface area contributed by atoms with Gasteiger partial charge in [0, 0.05) is 19.3 Å². The van der Waals surface area contributed by atoms with Crippen molar-refractivity contribution < 1.29 is 14.0 Å². The molecule has 2 N–H and O–H groups in total. The van der Waals surface area contributed by atoms with Gasteiger partial charge in [-0.2, -0.15) is 0 Å². The Balaban J connectivity index is 1.60. The van der Waals surface area contributed by atoms with Gasteiger partial charge >= 0.3 is 0 Å². The molecule has 114 valence electrons. The molecule has 2 amide bonds. The van der Waals surface area contributed by atoms with Crippen LogP contribution in [0.2, 0.25) is 0 Å². The molecule has 0 saturated carbocycles. The lowest BCUT2D eigenvalue weighted by Gasteiger charge is -2.17. The van der Waals surface area contributed by atoms with Crippen molar-refractivity contribution >= 4 is 11.8 Å². The van der Waals surface area contributed by atoms with Gasteiger partial charge in [-0.25, -0.2) is 4.39 Å².